The average molecular weight is 335 g/mol. The lowest BCUT2D eigenvalue weighted by molar-refractivity contribution is -0.133. The third kappa shape index (κ3) is 3.79. The van der Waals surface area contributed by atoms with Gasteiger partial charge in [0.2, 0.25) is 11.8 Å². The van der Waals surface area contributed by atoms with Crippen LogP contribution in [0.2, 0.25) is 0 Å². The number of aromatic nitrogens is 2. The molecule has 1 fully saturated rings. The van der Waals surface area contributed by atoms with E-state index in [1.54, 1.807) is 23.2 Å². The van der Waals surface area contributed by atoms with Crippen LogP contribution in [0.1, 0.15) is 46.8 Å². The van der Waals surface area contributed by atoms with Crippen LogP contribution in [0.5, 0.6) is 0 Å². The zero-order valence-corrected chi connectivity index (χ0v) is 14.2. The highest BCUT2D eigenvalue weighted by molar-refractivity contribution is 7.11. The maximum absolute atomic E-state index is 12.5. The second-order valence-corrected chi connectivity index (χ2v) is 7.37. The largest absolute Gasteiger partial charge is 0.391 e. The fourth-order valence-corrected chi connectivity index (χ4v) is 3.88. The first kappa shape index (κ1) is 16.1. The van der Waals surface area contributed by atoms with Crippen LogP contribution in [0.4, 0.5) is 0 Å². The highest BCUT2D eigenvalue weighted by atomic mass is 32.1. The van der Waals surface area contributed by atoms with Gasteiger partial charge in [0.1, 0.15) is 6.04 Å². The number of carbonyl (C=O) groups is 1. The van der Waals surface area contributed by atoms with Crippen molar-refractivity contribution in [2.24, 2.45) is 0 Å². The number of aryl methyl sites for hydroxylation is 3. The normalized spacial score (nSPS) is 21.1. The highest BCUT2D eigenvalue weighted by Crippen LogP contribution is 2.32. The Balaban J connectivity index is 1.58. The highest BCUT2D eigenvalue weighted by Gasteiger charge is 2.38. The molecule has 23 heavy (non-hydrogen) atoms. The van der Waals surface area contributed by atoms with Crippen LogP contribution in [0.15, 0.2) is 16.7 Å². The van der Waals surface area contributed by atoms with Crippen molar-refractivity contribution in [1.82, 2.24) is 15.0 Å². The van der Waals surface area contributed by atoms with Gasteiger partial charge in [0.15, 0.2) is 5.82 Å². The topological polar surface area (TPSA) is 79.5 Å². The first-order valence-electron chi connectivity index (χ1n) is 7.86. The standard InChI is InChI=1S/C16H21N3O3S/c1-10-6-7-13(23-10)4-3-5-15(21)19-9-12(20)8-14(19)16-17-11(2)18-22-16/h6-7,12,14,20H,3-5,8-9H2,1-2H3/t12-,14-/m1/s1. The molecule has 3 rings (SSSR count). The number of hydrogen-bond donors (Lipinski definition) is 1. The van der Waals surface area contributed by atoms with E-state index >= 15 is 0 Å². The molecule has 1 amide bonds. The summed E-state index contributed by atoms with van der Waals surface area (Å²) in [5.74, 6) is 0.999. The number of aliphatic hydroxyl groups excluding tert-OH is 1. The molecule has 1 aliphatic rings. The van der Waals surface area contributed by atoms with Crippen molar-refractivity contribution < 1.29 is 14.4 Å². The number of hydrogen-bond acceptors (Lipinski definition) is 6. The van der Waals surface area contributed by atoms with E-state index < -0.39 is 6.10 Å². The van der Waals surface area contributed by atoms with Crippen molar-refractivity contribution in [2.75, 3.05) is 6.54 Å². The van der Waals surface area contributed by atoms with E-state index in [2.05, 4.69) is 29.2 Å². The van der Waals surface area contributed by atoms with E-state index in [-0.39, 0.29) is 11.9 Å². The first-order valence-corrected chi connectivity index (χ1v) is 8.67. The van der Waals surface area contributed by atoms with Crippen molar-refractivity contribution in [1.29, 1.82) is 0 Å². The SMILES string of the molecule is Cc1noc([C@H]2C[C@@H](O)CN2C(=O)CCCc2ccc(C)s2)n1. The van der Waals surface area contributed by atoms with Gasteiger partial charge in [0, 0.05) is 29.1 Å². The van der Waals surface area contributed by atoms with Crippen LogP contribution >= 0.6 is 11.3 Å². The molecular weight excluding hydrogens is 314 g/mol. The third-order valence-electron chi connectivity index (χ3n) is 4.04. The molecule has 0 aliphatic carbocycles. The minimum atomic E-state index is -0.531. The van der Waals surface area contributed by atoms with Gasteiger partial charge in [-0.15, -0.1) is 11.3 Å². The summed E-state index contributed by atoms with van der Waals surface area (Å²) in [5, 5.41) is 13.7. The summed E-state index contributed by atoms with van der Waals surface area (Å²) in [6.07, 6.45) is 2.10. The zero-order valence-electron chi connectivity index (χ0n) is 13.4. The summed E-state index contributed by atoms with van der Waals surface area (Å²) in [7, 11) is 0. The molecule has 124 valence electrons. The second-order valence-electron chi connectivity index (χ2n) is 6.00. The van der Waals surface area contributed by atoms with Gasteiger partial charge in [-0.25, -0.2) is 0 Å². The van der Waals surface area contributed by atoms with Crippen molar-refractivity contribution in [3.63, 3.8) is 0 Å². The smallest absolute Gasteiger partial charge is 0.249 e. The Morgan fingerprint density at radius 2 is 2.30 bits per heavy atom. The van der Waals surface area contributed by atoms with Gasteiger partial charge in [-0.05, 0) is 38.8 Å². The predicted molar refractivity (Wildman–Crippen MR) is 86.1 cm³/mol. The second kappa shape index (κ2) is 6.80. The van der Waals surface area contributed by atoms with Crippen molar-refractivity contribution >= 4 is 17.2 Å². The summed E-state index contributed by atoms with van der Waals surface area (Å²) < 4.78 is 5.19. The minimum Gasteiger partial charge on any atom is -0.391 e. The molecule has 0 spiro atoms. The fourth-order valence-electron chi connectivity index (χ4n) is 2.95. The maximum atomic E-state index is 12.5. The van der Waals surface area contributed by atoms with Gasteiger partial charge < -0.3 is 14.5 Å². The van der Waals surface area contributed by atoms with Gasteiger partial charge in [-0.1, -0.05) is 5.16 Å². The van der Waals surface area contributed by atoms with Crippen LogP contribution in [0, 0.1) is 13.8 Å². The van der Waals surface area contributed by atoms with Gasteiger partial charge in [-0.2, -0.15) is 4.98 Å². The molecule has 7 heteroatoms. The molecule has 0 unspecified atom stereocenters. The van der Waals surface area contributed by atoms with Gasteiger partial charge in [0.25, 0.3) is 0 Å². The number of likely N-dealkylation sites (tertiary alicyclic amines) is 1. The molecule has 6 nitrogen and oxygen atoms in total. The number of nitrogens with zero attached hydrogens (tertiary/aromatic N) is 3. The quantitative estimate of drug-likeness (QED) is 0.907. The van der Waals surface area contributed by atoms with E-state index in [0.717, 1.165) is 12.8 Å². The summed E-state index contributed by atoms with van der Waals surface area (Å²) in [6.45, 7) is 4.17. The van der Waals surface area contributed by atoms with Crippen LogP contribution in [0.25, 0.3) is 0 Å². The number of thiophene rings is 1. The summed E-state index contributed by atoms with van der Waals surface area (Å²) in [4.78, 5) is 21.0. The zero-order chi connectivity index (χ0) is 16.4. The molecule has 1 saturated heterocycles. The minimum absolute atomic E-state index is 0.0377. The van der Waals surface area contributed by atoms with Crippen LogP contribution in [-0.2, 0) is 11.2 Å². The van der Waals surface area contributed by atoms with Gasteiger partial charge in [0.05, 0.1) is 6.10 Å². The van der Waals surface area contributed by atoms with Crippen molar-refractivity contribution in [3.8, 4) is 0 Å². The first-order chi connectivity index (χ1) is 11.0. The Labute approximate surface area is 139 Å². The number of carbonyl (C=O) groups excluding carboxylic acids is 1. The van der Waals surface area contributed by atoms with Gasteiger partial charge in [-0.3, -0.25) is 4.79 Å². The molecule has 2 atom stereocenters. The molecule has 0 aromatic carbocycles. The molecule has 0 saturated carbocycles. The van der Waals surface area contributed by atoms with Crippen molar-refractivity contribution in [3.05, 3.63) is 33.6 Å². The molecule has 3 heterocycles. The van der Waals surface area contributed by atoms with E-state index in [4.69, 9.17) is 4.52 Å². The number of aliphatic hydroxyl groups is 1. The number of rotatable bonds is 5. The van der Waals surface area contributed by atoms with E-state index in [1.807, 2.05) is 0 Å². The lowest BCUT2D eigenvalue weighted by Gasteiger charge is -2.21. The molecule has 0 radical (unpaired) electrons. The summed E-state index contributed by atoms with van der Waals surface area (Å²) in [6, 6.07) is 3.92. The molecule has 2 aromatic heterocycles. The summed E-state index contributed by atoms with van der Waals surface area (Å²) >= 11 is 1.77. The fraction of sp³-hybridized carbons (Fsp3) is 0.562. The third-order valence-corrected chi connectivity index (χ3v) is 5.10. The Morgan fingerprint density at radius 3 is 2.96 bits per heavy atom. The van der Waals surface area contributed by atoms with Crippen LogP contribution in [0.3, 0.4) is 0 Å². The maximum Gasteiger partial charge on any atom is 0.249 e. The lowest BCUT2D eigenvalue weighted by Crippen LogP contribution is -2.31. The van der Waals surface area contributed by atoms with Crippen LogP contribution in [-0.4, -0.2) is 38.7 Å². The number of β-amino-alcohol motifs (C(OH)–C–C–N with tert-alkyl or cyclic N) is 1. The Bertz CT molecular complexity index is 682. The average Bonchev–Trinajstić information content (AvgIpc) is 3.19. The predicted octanol–water partition coefficient (Wildman–Crippen LogP) is 2.41. The molecule has 2 aromatic rings. The Morgan fingerprint density at radius 1 is 1.48 bits per heavy atom. The van der Waals surface area contributed by atoms with Crippen LogP contribution < -0.4 is 0 Å². The number of amides is 1. The summed E-state index contributed by atoms with van der Waals surface area (Å²) in [5.41, 5.74) is 0. The Kier molecular flexibility index (Phi) is 4.77. The van der Waals surface area contributed by atoms with Gasteiger partial charge >= 0.3 is 0 Å². The molecular formula is C16H21N3O3S. The molecule has 1 aliphatic heterocycles. The molecule has 1 N–H and O–H groups in total. The van der Waals surface area contributed by atoms with Crippen molar-refractivity contribution in [2.45, 2.75) is 51.7 Å². The molecule has 0 bridgehead atoms. The Hall–Kier alpha value is -1.73. The van der Waals surface area contributed by atoms with E-state index in [1.165, 1.54) is 9.75 Å². The van der Waals surface area contributed by atoms with E-state index in [9.17, 15) is 9.90 Å². The van der Waals surface area contributed by atoms with E-state index in [0.29, 0.717) is 31.1 Å². The monoisotopic (exact) mass is 335 g/mol. The lowest BCUT2D eigenvalue weighted by atomic mass is 10.1.